The lowest BCUT2D eigenvalue weighted by Gasteiger charge is -2.31. The van der Waals surface area contributed by atoms with E-state index >= 15 is 0 Å². The first-order valence-electron chi connectivity index (χ1n) is 6.87. The van der Waals surface area contributed by atoms with Crippen LogP contribution in [-0.2, 0) is 10.8 Å². The molecule has 0 bridgehead atoms. The maximum Gasteiger partial charge on any atom is 0.312 e. The predicted molar refractivity (Wildman–Crippen MR) is 79.9 cm³/mol. The minimum absolute atomic E-state index is 0.184. The zero-order valence-corrected chi connectivity index (χ0v) is 12.3. The van der Waals surface area contributed by atoms with Gasteiger partial charge >= 0.3 is 6.03 Å². The lowest BCUT2D eigenvalue weighted by atomic mass is 10.1. The molecule has 0 radical (unpaired) electrons. The average Bonchev–Trinajstić information content (AvgIpc) is 2.46. The van der Waals surface area contributed by atoms with Crippen molar-refractivity contribution in [3.8, 4) is 0 Å². The molecule has 1 atom stereocenters. The van der Waals surface area contributed by atoms with Gasteiger partial charge in [-0.3, -0.25) is 4.21 Å². The SMILES string of the molecule is NC(=O)NC1CCN(CCS(=O)c2ccccc2)CC1. The molecule has 1 unspecified atom stereocenters. The lowest BCUT2D eigenvalue weighted by molar-refractivity contribution is 0.202. The summed E-state index contributed by atoms with van der Waals surface area (Å²) in [7, 11) is -0.934. The van der Waals surface area contributed by atoms with Crippen LogP contribution in [0, 0.1) is 0 Å². The molecule has 1 aliphatic heterocycles. The highest BCUT2D eigenvalue weighted by atomic mass is 32.2. The number of likely N-dealkylation sites (tertiary alicyclic amines) is 1. The number of hydrogen-bond acceptors (Lipinski definition) is 3. The highest BCUT2D eigenvalue weighted by molar-refractivity contribution is 7.85. The Bertz CT molecular complexity index is 459. The first-order chi connectivity index (χ1) is 9.65. The summed E-state index contributed by atoms with van der Waals surface area (Å²) in [5, 5.41) is 2.75. The van der Waals surface area contributed by atoms with E-state index in [2.05, 4.69) is 10.2 Å². The Balaban J connectivity index is 1.71. The van der Waals surface area contributed by atoms with Crippen LogP contribution in [0.15, 0.2) is 35.2 Å². The van der Waals surface area contributed by atoms with Crippen molar-refractivity contribution in [2.24, 2.45) is 5.73 Å². The van der Waals surface area contributed by atoms with Gasteiger partial charge in [0.2, 0.25) is 0 Å². The number of nitrogens with two attached hydrogens (primary N) is 1. The fraction of sp³-hybridized carbons (Fsp3) is 0.500. The van der Waals surface area contributed by atoms with Gasteiger partial charge in [0.1, 0.15) is 0 Å². The van der Waals surface area contributed by atoms with Crippen LogP contribution in [0.4, 0.5) is 4.79 Å². The molecule has 3 N–H and O–H groups in total. The molecule has 1 aromatic carbocycles. The number of nitrogens with zero attached hydrogens (tertiary/aromatic N) is 1. The quantitative estimate of drug-likeness (QED) is 0.848. The van der Waals surface area contributed by atoms with Crippen molar-refractivity contribution < 1.29 is 9.00 Å². The van der Waals surface area contributed by atoms with E-state index in [1.54, 1.807) is 0 Å². The van der Waals surface area contributed by atoms with E-state index in [1.165, 1.54) is 0 Å². The van der Waals surface area contributed by atoms with Gasteiger partial charge in [-0.15, -0.1) is 0 Å². The lowest BCUT2D eigenvalue weighted by Crippen LogP contribution is -2.47. The van der Waals surface area contributed by atoms with Crippen LogP contribution in [0.3, 0.4) is 0 Å². The van der Waals surface area contributed by atoms with Gasteiger partial charge in [0, 0.05) is 36.3 Å². The summed E-state index contributed by atoms with van der Waals surface area (Å²) in [6.45, 7) is 2.65. The second-order valence-electron chi connectivity index (χ2n) is 4.99. The number of amides is 2. The van der Waals surface area contributed by atoms with E-state index in [4.69, 9.17) is 5.73 Å². The molecule has 5 nitrogen and oxygen atoms in total. The van der Waals surface area contributed by atoms with E-state index in [0.717, 1.165) is 37.4 Å². The van der Waals surface area contributed by atoms with Crippen LogP contribution in [-0.4, -0.2) is 46.6 Å². The van der Waals surface area contributed by atoms with Crippen LogP contribution in [0.5, 0.6) is 0 Å². The Morgan fingerprint density at radius 2 is 1.95 bits per heavy atom. The van der Waals surface area contributed by atoms with E-state index in [1.807, 2.05) is 30.3 Å². The molecule has 1 aromatic rings. The predicted octanol–water partition coefficient (Wildman–Crippen LogP) is 0.927. The molecule has 1 heterocycles. The summed E-state index contributed by atoms with van der Waals surface area (Å²) in [5.74, 6) is 0.651. The number of hydrogen-bond donors (Lipinski definition) is 2. The molecule has 0 aliphatic carbocycles. The van der Waals surface area contributed by atoms with Crippen molar-refractivity contribution in [1.82, 2.24) is 10.2 Å². The normalized spacial score (nSPS) is 18.6. The Morgan fingerprint density at radius 1 is 1.30 bits per heavy atom. The number of primary amides is 1. The molecule has 1 saturated heterocycles. The Labute approximate surface area is 122 Å². The Kier molecular flexibility index (Phi) is 5.55. The molecule has 2 amide bonds. The number of benzene rings is 1. The maximum absolute atomic E-state index is 12.1. The second-order valence-corrected chi connectivity index (χ2v) is 6.56. The van der Waals surface area contributed by atoms with Gasteiger partial charge < -0.3 is 16.0 Å². The van der Waals surface area contributed by atoms with Crippen LogP contribution >= 0.6 is 0 Å². The third-order valence-corrected chi connectivity index (χ3v) is 4.88. The number of rotatable bonds is 5. The van der Waals surface area contributed by atoms with Crippen molar-refractivity contribution in [2.45, 2.75) is 23.8 Å². The summed E-state index contributed by atoms with van der Waals surface area (Å²) in [6, 6.07) is 9.29. The molecular weight excluding hydrogens is 274 g/mol. The van der Waals surface area contributed by atoms with E-state index < -0.39 is 16.8 Å². The van der Waals surface area contributed by atoms with Crippen molar-refractivity contribution in [3.63, 3.8) is 0 Å². The van der Waals surface area contributed by atoms with Crippen molar-refractivity contribution >= 4 is 16.8 Å². The Hall–Kier alpha value is -1.40. The standard InChI is InChI=1S/C14H21N3O2S/c15-14(18)16-12-6-8-17(9-7-12)10-11-20(19)13-4-2-1-3-5-13/h1-5,12H,6-11H2,(H3,15,16,18). The van der Waals surface area contributed by atoms with Gasteiger partial charge in [0.05, 0.1) is 10.8 Å². The zero-order valence-electron chi connectivity index (χ0n) is 11.5. The van der Waals surface area contributed by atoms with E-state index in [0.29, 0.717) is 5.75 Å². The molecule has 6 heteroatoms. The molecule has 0 aromatic heterocycles. The average molecular weight is 295 g/mol. The minimum atomic E-state index is -0.934. The van der Waals surface area contributed by atoms with E-state index in [-0.39, 0.29) is 6.04 Å². The van der Waals surface area contributed by atoms with Crippen molar-refractivity contribution in [3.05, 3.63) is 30.3 Å². The Morgan fingerprint density at radius 3 is 2.55 bits per heavy atom. The van der Waals surface area contributed by atoms with Gasteiger partial charge in [-0.25, -0.2) is 4.79 Å². The molecule has 110 valence electrons. The molecular formula is C14H21N3O2S. The summed E-state index contributed by atoms with van der Waals surface area (Å²) in [4.78, 5) is 14.0. The third kappa shape index (κ3) is 4.61. The monoisotopic (exact) mass is 295 g/mol. The number of urea groups is 1. The summed E-state index contributed by atoms with van der Waals surface area (Å²) < 4.78 is 12.1. The van der Waals surface area contributed by atoms with Gasteiger partial charge in [0.15, 0.2) is 0 Å². The van der Waals surface area contributed by atoms with Gasteiger partial charge in [-0.2, -0.15) is 0 Å². The molecule has 1 aliphatic rings. The first kappa shape index (κ1) is 15.0. The second kappa shape index (κ2) is 7.40. The smallest absolute Gasteiger partial charge is 0.312 e. The summed E-state index contributed by atoms with van der Waals surface area (Å²) >= 11 is 0. The van der Waals surface area contributed by atoms with Crippen LogP contribution in [0.1, 0.15) is 12.8 Å². The van der Waals surface area contributed by atoms with E-state index in [9.17, 15) is 9.00 Å². The van der Waals surface area contributed by atoms with Crippen LogP contribution in [0.2, 0.25) is 0 Å². The molecule has 20 heavy (non-hydrogen) atoms. The molecule has 0 spiro atoms. The molecule has 0 saturated carbocycles. The number of carbonyl (C=O) groups excluding carboxylic acids is 1. The number of nitrogens with one attached hydrogen (secondary N) is 1. The fourth-order valence-corrected chi connectivity index (χ4v) is 3.52. The van der Waals surface area contributed by atoms with Crippen LogP contribution in [0.25, 0.3) is 0 Å². The zero-order chi connectivity index (χ0) is 14.4. The van der Waals surface area contributed by atoms with Gasteiger partial charge in [-0.1, -0.05) is 18.2 Å². The highest BCUT2D eigenvalue weighted by Crippen LogP contribution is 2.11. The van der Waals surface area contributed by atoms with Crippen LogP contribution < -0.4 is 11.1 Å². The highest BCUT2D eigenvalue weighted by Gasteiger charge is 2.20. The number of piperidine rings is 1. The largest absolute Gasteiger partial charge is 0.352 e. The minimum Gasteiger partial charge on any atom is -0.352 e. The van der Waals surface area contributed by atoms with Crippen molar-refractivity contribution in [2.75, 3.05) is 25.4 Å². The number of carbonyl (C=O) groups is 1. The van der Waals surface area contributed by atoms with Gasteiger partial charge in [0.25, 0.3) is 0 Å². The molecule has 1 fully saturated rings. The van der Waals surface area contributed by atoms with Gasteiger partial charge in [-0.05, 0) is 25.0 Å². The van der Waals surface area contributed by atoms with Crippen molar-refractivity contribution in [1.29, 1.82) is 0 Å². The summed E-state index contributed by atoms with van der Waals surface area (Å²) in [5.41, 5.74) is 5.12. The maximum atomic E-state index is 12.1. The topological polar surface area (TPSA) is 75.4 Å². The summed E-state index contributed by atoms with van der Waals surface area (Å²) in [6.07, 6.45) is 1.81. The fourth-order valence-electron chi connectivity index (χ4n) is 2.40. The molecule has 2 rings (SSSR count). The first-order valence-corrected chi connectivity index (χ1v) is 8.19. The third-order valence-electron chi connectivity index (χ3n) is 3.53.